The summed E-state index contributed by atoms with van der Waals surface area (Å²) < 4.78 is 18.6. The molecule has 1 heterocycles. The maximum Gasteiger partial charge on any atom is 0.221 e. The molecule has 6 nitrogen and oxygen atoms in total. The Labute approximate surface area is 148 Å². The summed E-state index contributed by atoms with van der Waals surface area (Å²) in [5.74, 6) is 0.242. The largest absolute Gasteiger partial charge is 0.494 e. The molecule has 0 aliphatic heterocycles. The van der Waals surface area contributed by atoms with Gasteiger partial charge in [0, 0.05) is 24.1 Å². The predicted octanol–water partition coefficient (Wildman–Crippen LogP) is 4.13. The van der Waals surface area contributed by atoms with Gasteiger partial charge in [0.2, 0.25) is 5.91 Å². The summed E-state index contributed by atoms with van der Waals surface area (Å²) in [5, 5.41) is 6.45. The fourth-order valence-corrected chi connectivity index (χ4v) is 2.53. The molecule has 0 aliphatic rings. The third kappa shape index (κ3) is 3.61. The number of methoxy groups -OCH3 is 1. The first kappa shape index (κ1) is 16.9. The van der Waals surface area contributed by atoms with Crippen LogP contribution in [0.25, 0.3) is 10.9 Å². The Morgan fingerprint density at radius 2 is 2.04 bits per heavy atom. The number of aromatic nitrogens is 2. The number of halogens is 2. The fraction of sp³-hybridized carbons (Fsp3) is 0.118. The van der Waals surface area contributed by atoms with Crippen LogP contribution in [0.5, 0.6) is 5.75 Å². The number of benzene rings is 2. The van der Waals surface area contributed by atoms with Gasteiger partial charge in [0.25, 0.3) is 0 Å². The van der Waals surface area contributed by atoms with Gasteiger partial charge in [-0.1, -0.05) is 11.6 Å². The minimum atomic E-state index is -0.502. The number of rotatable bonds is 4. The molecular formula is C17H14ClFN4O2. The molecule has 2 aromatic carbocycles. The van der Waals surface area contributed by atoms with Gasteiger partial charge >= 0.3 is 0 Å². The molecule has 8 heteroatoms. The average Bonchev–Trinajstić information content (AvgIpc) is 2.57. The van der Waals surface area contributed by atoms with Crippen molar-refractivity contribution in [3.05, 3.63) is 47.5 Å². The highest BCUT2D eigenvalue weighted by Crippen LogP contribution is 2.33. The molecule has 25 heavy (non-hydrogen) atoms. The van der Waals surface area contributed by atoms with E-state index in [1.807, 2.05) is 0 Å². The average molecular weight is 361 g/mol. The molecular weight excluding hydrogens is 347 g/mol. The zero-order valence-corrected chi connectivity index (χ0v) is 14.2. The summed E-state index contributed by atoms with van der Waals surface area (Å²) in [4.78, 5) is 19.8. The lowest BCUT2D eigenvalue weighted by Gasteiger charge is -2.13. The van der Waals surface area contributed by atoms with Crippen molar-refractivity contribution in [2.24, 2.45) is 0 Å². The van der Waals surface area contributed by atoms with E-state index in [-0.39, 0.29) is 10.9 Å². The SMILES string of the molecule is COc1cc2ncnc(Nc3ccc(F)c(Cl)c3)c2cc1NC(C)=O. The van der Waals surface area contributed by atoms with Gasteiger partial charge in [-0.15, -0.1) is 0 Å². The van der Waals surface area contributed by atoms with E-state index in [4.69, 9.17) is 16.3 Å². The van der Waals surface area contributed by atoms with E-state index < -0.39 is 5.82 Å². The van der Waals surface area contributed by atoms with Crippen LogP contribution in [0.3, 0.4) is 0 Å². The van der Waals surface area contributed by atoms with Crippen LogP contribution in [0.2, 0.25) is 5.02 Å². The lowest BCUT2D eigenvalue weighted by Crippen LogP contribution is -2.07. The van der Waals surface area contributed by atoms with Crippen molar-refractivity contribution in [2.75, 3.05) is 17.7 Å². The number of nitrogens with zero attached hydrogens (tertiary/aromatic N) is 2. The number of carbonyl (C=O) groups is 1. The summed E-state index contributed by atoms with van der Waals surface area (Å²) >= 11 is 5.81. The Kier molecular flexibility index (Phi) is 4.67. The first-order valence-corrected chi connectivity index (χ1v) is 7.68. The second-order valence-corrected chi connectivity index (χ2v) is 5.63. The molecule has 0 saturated heterocycles. The fourth-order valence-electron chi connectivity index (χ4n) is 2.35. The molecule has 0 radical (unpaired) electrons. The first-order valence-electron chi connectivity index (χ1n) is 7.30. The van der Waals surface area contributed by atoms with Gasteiger partial charge in [-0.25, -0.2) is 14.4 Å². The molecule has 0 fully saturated rings. The summed E-state index contributed by atoms with van der Waals surface area (Å²) in [7, 11) is 1.51. The first-order chi connectivity index (χ1) is 12.0. The van der Waals surface area contributed by atoms with Crippen molar-refractivity contribution in [3.63, 3.8) is 0 Å². The highest BCUT2D eigenvalue weighted by molar-refractivity contribution is 6.31. The molecule has 0 aliphatic carbocycles. The third-order valence-corrected chi connectivity index (χ3v) is 3.74. The van der Waals surface area contributed by atoms with Gasteiger partial charge in [0.15, 0.2) is 0 Å². The van der Waals surface area contributed by atoms with E-state index in [0.717, 1.165) is 0 Å². The molecule has 0 atom stereocenters. The second-order valence-electron chi connectivity index (χ2n) is 5.23. The normalized spacial score (nSPS) is 10.6. The van der Waals surface area contributed by atoms with Gasteiger partial charge in [-0.2, -0.15) is 0 Å². The van der Waals surface area contributed by atoms with E-state index in [9.17, 15) is 9.18 Å². The zero-order valence-electron chi connectivity index (χ0n) is 13.4. The van der Waals surface area contributed by atoms with Crippen LogP contribution in [0, 0.1) is 5.82 Å². The Balaban J connectivity index is 2.08. The van der Waals surface area contributed by atoms with Crippen LogP contribution < -0.4 is 15.4 Å². The molecule has 0 unspecified atom stereocenters. The van der Waals surface area contributed by atoms with Gasteiger partial charge in [-0.3, -0.25) is 4.79 Å². The molecule has 0 bridgehead atoms. The Bertz CT molecular complexity index is 965. The molecule has 0 spiro atoms. The standard InChI is InChI=1S/C17H14ClFN4O2/c1-9(24)22-15-6-11-14(7-16(15)25-2)20-8-21-17(11)23-10-3-4-13(19)12(18)5-10/h3-8H,1-2H3,(H,22,24)(H,20,21,23). The smallest absolute Gasteiger partial charge is 0.221 e. The Morgan fingerprint density at radius 1 is 1.24 bits per heavy atom. The lowest BCUT2D eigenvalue weighted by atomic mass is 10.2. The highest BCUT2D eigenvalue weighted by Gasteiger charge is 2.12. The van der Waals surface area contributed by atoms with E-state index in [1.54, 1.807) is 18.2 Å². The van der Waals surface area contributed by atoms with E-state index >= 15 is 0 Å². The van der Waals surface area contributed by atoms with Gasteiger partial charge in [0.1, 0.15) is 23.7 Å². The predicted molar refractivity (Wildman–Crippen MR) is 95.1 cm³/mol. The van der Waals surface area contributed by atoms with Crippen LogP contribution in [0.15, 0.2) is 36.7 Å². The van der Waals surface area contributed by atoms with Gasteiger partial charge in [-0.05, 0) is 24.3 Å². The zero-order chi connectivity index (χ0) is 18.0. The van der Waals surface area contributed by atoms with Crippen LogP contribution in [-0.4, -0.2) is 23.0 Å². The number of hydrogen-bond acceptors (Lipinski definition) is 5. The number of ether oxygens (including phenoxy) is 1. The van der Waals surface area contributed by atoms with Crippen molar-refractivity contribution in [3.8, 4) is 5.75 Å². The topological polar surface area (TPSA) is 76.1 Å². The lowest BCUT2D eigenvalue weighted by molar-refractivity contribution is -0.114. The van der Waals surface area contributed by atoms with Gasteiger partial charge in [0.05, 0.1) is 23.3 Å². The third-order valence-electron chi connectivity index (χ3n) is 3.45. The minimum absolute atomic E-state index is 0.00367. The molecule has 3 aromatic rings. The van der Waals surface area contributed by atoms with Crippen molar-refractivity contribution in [2.45, 2.75) is 6.92 Å². The monoisotopic (exact) mass is 360 g/mol. The molecule has 1 aromatic heterocycles. The van der Waals surface area contributed by atoms with E-state index in [2.05, 4.69) is 20.6 Å². The Morgan fingerprint density at radius 3 is 2.72 bits per heavy atom. The van der Waals surface area contributed by atoms with Crippen molar-refractivity contribution in [1.82, 2.24) is 9.97 Å². The molecule has 2 N–H and O–H groups in total. The number of nitrogens with one attached hydrogen (secondary N) is 2. The summed E-state index contributed by atoms with van der Waals surface area (Å²) in [6.07, 6.45) is 1.40. The van der Waals surface area contributed by atoms with Crippen LogP contribution in [0.1, 0.15) is 6.92 Å². The maximum atomic E-state index is 13.3. The summed E-state index contributed by atoms with van der Waals surface area (Å²) in [6, 6.07) is 7.68. The molecule has 3 rings (SSSR count). The number of anilines is 3. The number of fused-ring (bicyclic) bond motifs is 1. The molecule has 1 amide bonds. The van der Waals surface area contributed by atoms with Crippen LogP contribution >= 0.6 is 11.6 Å². The molecule has 128 valence electrons. The number of amides is 1. The van der Waals surface area contributed by atoms with E-state index in [0.29, 0.717) is 33.8 Å². The second kappa shape index (κ2) is 6.90. The summed E-state index contributed by atoms with van der Waals surface area (Å²) in [6.45, 7) is 1.41. The van der Waals surface area contributed by atoms with Crippen LogP contribution in [0.4, 0.5) is 21.6 Å². The van der Waals surface area contributed by atoms with Gasteiger partial charge < -0.3 is 15.4 Å². The van der Waals surface area contributed by atoms with Crippen LogP contribution in [-0.2, 0) is 4.79 Å². The molecule has 0 saturated carbocycles. The minimum Gasteiger partial charge on any atom is -0.494 e. The van der Waals surface area contributed by atoms with Crippen molar-refractivity contribution >= 4 is 45.6 Å². The quantitative estimate of drug-likeness (QED) is 0.731. The van der Waals surface area contributed by atoms with E-state index in [1.165, 1.54) is 32.5 Å². The van der Waals surface area contributed by atoms with Crippen molar-refractivity contribution < 1.29 is 13.9 Å². The highest BCUT2D eigenvalue weighted by atomic mass is 35.5. The number of hydrogen-bond donors (Lipinski definition) is 2. The summed E-state index contributed by atoms with van der Waals surface area (Å²) in [5.41, 5.74) is 1.69. The Hall–Kier alpha value is -2.93. The maximum absolute atomic E-state index is 13.3. The number of carbonyl (C=O) groups excluding carboxylic acids is 1. The van der Waals surface area contributed by atoms with Crippen molar-refractivity contribution in [1.29, 1.82) is 0 Å².